The minimum atomic E-state index is -1.06. The number of ether oxygens (including phenoxy) is 1. The van der Waals surface area contributed by atoms with Gasteiger partial charge in [0.1, 0.15) is 0 Å². The molecule has 148 valence electrons. The fraction of sp³-hybridized carbons (Fsp3) is 0.300. The van der Waals surface area contributed by atoms with Crippen molar-refractivity contribution in [3.63, 3.8) is 0 Å². The van der Waals surface area contributed by atoms with Crippen LogP contribution in [0.1, 0.15) is 31.1 Å². The Morgan fingerprint density at radius 3 is 2.36 bits per heavy atom. The molecule has 8 heteroatoms. The van der Waals surface area contributed by atoms with Gasteiger partial charge in [-0.25, -0.2) is 4.79 Å². The maximum atomic E-state index is 12.3. The maximum absolute atomic E-state index is 12.3. The summed E-state index contributed by atoms with van der Waals surface area (Å²) in [5.74, 6) is -1.19. The number of carbonyl (C=O) groups excluding carboxylic acids is 2. The zero-order valence-corrected chi connectivity index (χ0v) is 16.0. The Kier molecular flexibility index (Phi) is 7.08. The predicted octanol–water partition coefficient (Wildman–Crippen LogP) is 3.63. The fourth-order valence-electron chi connectivity index (χ4n) is 2.62. The molecule has 1 N–H and O–H groups in total. The van der Waals surface area contributed by atoms with E-state index in [1.807, 2.05) is 26.0 Å². The van der Waals surface area contributed by atoms with Gasteiger partial charge in [0, 0.05) is 36.6 Å². The van der Waals surface area contributed by atoms with Gasteiger partial charge < -0.3 is 15.0 Å². The number of esters is 1. The Bertz CT molecular complexity index is 847. The van der Waals surface area contributed by atoms with Crippen LogP contribution in [0.5, 0.6) is 0 Å². The number of rotatable bonds is 8. The van der Waals surface area contributed by atoms with E-state index in [1.165, 1.54) is 31.2 Å². The second kappa shape index (κ2) is 9.50. The summed E-state index contributed by atoms with van der Waals surface area (Å²) >= 11 is 0. The van der Waals surface area contributed by atoms with E-state index in [0.717, 1.165) is 18.8 Å². The first-order valence-electron chi connectivity index (χ1n) is 8.97. The van der Waals surface area contributed by atoms with Gasteiger partial charge in [0.05, 0.1) is 10.5 Å². The summed E-state index contributed by atoms with van der Waals surface area (Å²) in [4.78, 5) is 36.9. The Balaban J connectivity index is 1.98. The molecule has 0 aliphatic rings. The smallest absolute Gasteiger partial charge is 0.338 e. The molecule has 8 nitrogen and oxygen atoms in total. The lowest BCUT2D eigenvalue weighted by Crippen LogP contribution is -2.30. The number of benzene rings is 2. The van der Waals surface area contributed by atoms with Crippen LogP contribution in [0.2, 0.25) is 0 Å². The third-order valence-electron chi connectivity index (χ3n) is 4.21. The number of hydrogen-bond donors (Lipinski definition) is 1. The van der Waals surface area contributed by atoms with E-state index in [9.17, 15) is 19.7 Å². The molecule has 0 unspecified atom stereocenters. The Morgan fingerprint density at radius 2 is 1.79 bits per heavy atom. The van der Waals surface area contributed by atoms with Crippen LogP contribution in [-0.2, 0) is 9.53 Å². The first-order chi connectivity index (χ1) is 13.3. The molecule has 2 rings (SSSR count). The monoisotopic (exact) mass is 385 g/mol. The van der Waals surface area contributed by atoms with Crippen molar-refractivity contribution in [3.8, 4) is 0 Å². The highest BCUT2D eigenvalue weighted by atomic mass is 16.6. The molecule has 2 aromatic carbocycles. The van der Waals surface area contributed by atoms with Crippen molar-refractivity contribution >= 4 is 28.9 Å². The zero-order chi connectivity index (χ0) is 20.7. The quantitative estimate of drug-likeness (QED) is 0.423. The fourth-order valence-corrected chi connectivity index (χ4v) is 2.62. The summed E-state index contributed by atoms with van der Waals surface area (Å²) in [5.41, 5.74) is 1.45. The molecule has 0 aliphatic heterocycles. The second-order valence-electron chi connectivity index (χ2n) is 6.06. The largest absolute Gasteiger partial charge is 0.449 e. The first kappa shape index (κ1) is 20.9. The van der Waals surface area contributed by atoms with Gasteiger partial charge in [-0.05, 0) is 51.1 Å². The van der Waals surface area contributed by atoms with Gasteiger partial charge in [-0.1, -0.05) is 6.07 Å². The summed E-state index contributed by atoms with van der Waals surface area (Å²) in [5, 5.41) is 13.3. The number of non-ortho nitro benzene ring substituents is 1. The summed E-state index contributed by atoms with van der Waals surface area (Å²) in [6, 6.07) is 12.5. The number of nitrogens with zero attached hydrogens (tertiary/aromatic N) is 2. The van der Waals surface area contributed by atoms with Gasteiger partial charge in [-0.2, -0.15) is 0 Å². The van der Waals surface area contributed by atoms with Gasteiger partial charge in [0.15, 0.2) is 6.10 Å². The third kappa shape index (κ3) is 5.29. The Labute approximate surface area is 163 Å². The van der Waals surface area contributed by atoms with E-state index in [1.54, 1.807) is 12.1 Å². The number of anilines is 2. The van der Waals surface area contributed by atoms with Crippen molar-refractivity contribution in [1.82, 2.24) is 0 Å². The van der Waals surface area contributed by atoms with E-state index in [2.05, 4.69) is 10.2 Å². The summed E-state index contributed by atoms with van der Waals surface area (Å²) < 4.78 is 5.20. The van der Waals surface area contributed by atoms with Crippen LogP contribution >= 0.6 is 0 Å². The standard InChI is InChI=1S/C20H23N3O5/c1-4-22(5-2)17-11-9-15(10-12-17)20(25)28-14(3)19(24)21-16-7-6-8-18(13-16)23(26)27/h6-14H,4-5H2,1-3H3,(H,21,24)/t14-/m1/s1. The van der Waals surface area contributed by atoms with E-state index >= 15 is 0 Å². The van der Waals surface area contributed by atoms with Crippen molar-refractivity contribution in [2.75, 3.05) is 23.3 Å². The Hall–Kier alpha value is -3.42. The molecular formula is C20H23N3O5. The first-order valence-corrected chi connectivity index (χ1v) is 8.97. The van der Waals surface area contributed by atoms with Gasteiger partial charge in [-0.3, -0.25) is 14.9 Å². The molecule has 0 saturated carbocycles. The highest BCUT2D eigenvalue weighted by Crippen LogP contribution is 2.18. The summed E-state index contributed by atoms with van der Waals surface area (Å²) in [6.07, 6.45) is -1.06. The number of nitro benzene ring substituents is 1. The minimum Gasteiger partial charge on any atom is -0.449 e. The lowest BCUT2D eigenvalue weighted by molar-refractivity contribution is -0.384. The van der Waals surface area contributed by atoms with Gasteiger partial charge in [-0.15, -0.1) is 0 Å². The molecule has 0 saturated heterocycles. The van der Waals surface area contributed by atoms with E-state index in [0.29, 0.717) is 5.56 Å². The predicted molar refractivity (Wildman–Crippen MR) is 107 cm³/mol. The van der Waals surface area contributed by atoms with Crippen molar-refractivity contribution < 1.29 is 19.2 Å². The highest BCUT2D eigenvalue weighted by Gasteiger charge is 2.20. The van der Waals surface area contributed by atoms with Crippen LogP contribution in [-0.4, -0.2) is 36.0 Å². The van der Waals surface area contributed by atoms with Gasteiger partial charge in [0.2, 0.25) is 0 Å². The van der Waals surface area contributed by atoms with Crippen LogP contribution < -0.4 is 10.2 Å². The topological polar surface area (TPSA) is 102 Å². The van der Waals surface area contributed by atoms with Crippen molar-refractivity contribution in [2.24, 2.45) is 0 Å². The zero-order valence-electron chi connectivity index (χ0n) is 16.0. The molecule has 1 amide bonds. The van der Waals surface area contributed by atoms with E-state index < -0.39 is 22.9 Å². The molecule has 0 bridgehead atoms. The average molecular weight is 385 g/mol. The van der Waals surface area contributed by atoms with Crippen LogP contribution in [0.4, 0.5) is 17.1 Å². The second-order valence-corrected chi connectivity index (χ2v) is 6.06. The molecule has 2 aromatic rings. The van der Waals surface area contributed by atoms with Crippen LogP contribution in [0.15, 0.2) is 48.5 Å². The molecular weight excluding hydrogens is 362 g/mol. The number of carbonyl (C=O) groups is 2. The number of hydrogen-bond acceptors (Lipinski definition) is 6. The molecule has 0 aromatic heterocycles. The van der Waals surface area contributed by atoms with Gasteiger partial charge >= 0.3 is 5.97 Å². The van der Waals surface area contributed by atoms with Crippen molar-refractivity contribution in [2.45, 2.75) is 26.9 Å². The molecule has 0 radical (unpaired) electrons. The van der Waals surface area contributed by atoms with Crippen molar-refractivity contribution in [1.29, 1.82) is 0 Å². The van der Waals surface area contributed by atoms with E-state index in [-0.39, 0.29) is 11.4 Å². The van der Waals surface area contributed by atoms with Gasteiger partial charge in [0.25, 0.3) is 11.6 Å². The molecule has 28 heavy (non-hydrogen) atoms. The minimum absolute atomic E-state index is 0.143. The number of amides is 1. The molecule has 0 aliphatic carbocycles. The molecule has 0 fully saturated rings. The summed E-state index contributed by atoms with van der Waals surface area (Å²) in [6.45, 7) is 7.25. The van der Waals surface area contributed by atoms with Crippen LogP contribution in [0.25, 0.3) is 0 Å². The van der Waals surface area contributed by atoms with Crippen LogP contribution in [0, 0.1) is 10.1 Å². The third-order valence-corrected chi connectivity index (χ3v) is 4.21. The molecule has 0 heterocycles. The van der Waals surface area contributed by atoms with Crippen molar-refractivity contribution in [3.05, 3.63) is 64.2 Å². The normalized spacial score (nSPS) is 11.4. The molecule has 1 atom stereocenters. The lowest BCUT2D eigenvalue weighted by atomic mass is 10.2. The van der Waals surface area contributed by atoms with Crippen LogP contribution in [0.3, 0.4) is 0 Å². The van der Waals surface area contributed by atoms with E-state index in [4.69, 9.17) is 4.74 Å². The lowest BCUT2D eigenvalue weighted by Gasteiger charge is -2.21. The SMILES string of the molecule is CCN(CC)c1ccc(C(=O)O[C@H](C)C(=O)Nc2cccc([N+](=O)[O-])c2)cc1. The number of nitrogens with one attached hydrogen (secondary N) is 1. The molecule has 0 spiro atoms. The summed E-state index contributed by atoms with van der Waals surface area (Å²) in [7, 11) is 0. The average Bonchev–Trinajstić information content (AvgIpc) is 2.69. The Morgan fingerprint density at radius 1 is 1.14 bits per heavy atom. The highest BCUT2D eigenvalue weighted by molar-refractivity contribution is 5.97. The maximum Gasteiger partial charge on any atom is 0.338 e. The number of nitro groups is 1.